The number of urea groups is 1. The van der Waals surface area contributed by atoms with Crippen molar-refractivity contribution < 1.29 is 4.79 Å². The van der Waals surface area contributed by atoms with Crippen molar-refractivity contribution in [1.29, 1.82) is 0 Å². The van der Waals surface area contributed by atoms with E-state index in [4.69, 9.17) is 12.2 Å². The lowest BCUT2D eigenvalue weighted by atomic mass is 10.0. The molecule has 0 spiro atoms. The van der Waals surface area contributed by atoms with Crippen LogP contribution in [0.25, 0.3) is 0 Å². The summed E-state index contributed by atoms with van der Waals surface area (Å²) in [5, 5.41) is 0. The number of hydrogen-bond donors (Lipinski definition) is 1. The Hall–Kier alpha value is -1.50. The second kappa shape index (κ2) is 7.05. The van der Waals surface area contributed by atoms with E-state index in [1.165, 1.54) is 25.7 Å². The Morgan fingerprint density at radius 1 is 1.44 bits per heavy atom. The van der Waals surface area contributed by atoms with Crippen molar-refractivity contribution in [2.24, 2.45) is 10.7 Å². The standard InChI is InChI=1S/C14H23N3O/c1-4-6-7-8-9-10-12-13(15)16-14(18)17(12)11(3)5-2/h2,11-12H,4,6-10H2,1,3H3,(H2,15,16,18). The highest BCUT2D eigenvalue weighted by Crippen LogP contribution is 2.20. The van der Waals surface area contributed by atoms with Gasteiger partial charge in [0.2, 0.25) is 0 Å². The SMILES string of the molecule is C#CC(C)N1C(=O)N=C(N)C1CCCCCCC. The van der Waals surface area contributed by atoms with Crippen LogP contribution < -0.4 is 5.73 Å². The van der Waals surface area contributed by atoms with Gasteiger partial charge in [-0.3, -0.25) is 4.90 Å². The largest absolute Gasteiger partial charge is 0.385 e. The van der Waals surface area contributed by atoms with Crippen LogP contribution in [0.1, 0.15) is 52.4 Å². The van der Waals surface area contributed by atoms with Crippen LogP contribution in [0.2, 0.25) is 0 Å². The number of nitrogens with two attached hydrogens (primary N) is 1. The Balaban J connectivity index is 2.48. The van der Waals surface area contributed by atoms with Crippen LogP contribution in [0.3, 0.4) is 0 Å². The first-order chi connectivity index (χ1) is 8.61. The van der Waals surface area contributed by atoms with Crippen LogP contribution in [-0.4, -0.2) is 28.9 Å². The third kappa shape index (κ3) is 3.49. The molecule has 2 unspecified atom stereocenters. The van der Waals surface area contributed by atoms with E-state index >= 15 is 0 Å². The summed E-state index contributed by atoms with van der Waals surface area (Å²) in [4.78, 5) is 17.1. The topological polar surface area (TPSA) is 58.7 Å². The van der Waals surface area contributed by atoms with Crippen LogP contribution in [0.4, 0.5) is 4.79 Å². The molecule has 0 fully saturated rings. The lowest BCUT2D eigenvalue weighted by Crippen LogP contribution is -2.44. The van der Waals surface area contributed by atoms with Gasteiger partial charge in [-0.15, -0.1) is 6.42 Å². The zero-order valence-electron chi connectivity index (χ0n) is 11.4. The summed E-state index contributed by atoms with van der Waals surface area (Å²) >= 11 is 0. The van der Waals surface area contributed by atoms with Crippen molar-refractivity contribution in [3.63, 3.8) is 0 Å². The Morgan fingerprint density at radius 2 is 2.11 bits per heavy atom. The van der Waals surface area contributed by atoms with Gasteiger partial charge in [-0.05, 0) is 13.3 Å². The lowest BCUT2D eigenvalue weighted by molar-refractivity contribution is 0.195. The van der Waals surface area contributed by atoms with E-state index in [1.54, 1.807) is 4.90 Å². The van der Waals surface area contributed by atoms with Crippen LogP contribution in [0.5, 0.6) is 0 Å². The van der Waals surface area contributed by atoms with Gasteiger partial charge in [0.1, 0.15) is 5.84 Å². The summed E-state index contributed by atoms with van der Waals surface area (Å²) in [6.45, 7) is 4.02. The van der Waals surface area contributed by atoms with Crippen molar-refractivity contribution >= 4 is 11.9 Å². The zero-order chi connectivity index (χ0) is 13.5. The first-order valence-electron chi connectivity index (χ1n) is 6.74. The van der Waals surface area contributed by atoms with E-state index in [2.05, 4.69) is 17.8 Å². The molecule has 2 amide bonds. The van der Waals surface area contributed by atoms with Crippen molar-refractivity contribution in [2.45, 2.75) is 64.5 Å². The number of unbranched alkanes of at least 4 members (excludes halogenated alkanes) is 4. The van der Waals surface area contributed by atoms with Gasteiger partial charge >= 0.3 is 6.03 Å². The number of nitrogens with zero attached hydrogens (tertiary/aromatic N) is 2. The van der Waals surface area contributed by atoms with E-state index in [1.807, 2.05) is 6.92 Å². The van der Waals surface area contributed by atoms with Crippen LogP contribution >= 0.6 is 0 Å². The van der Waals surface area contributed by atoms with Crippen LogP contribution in [-0.2, 0) is 0 Å². The summed E-state index contributed by atoms with van der Waals surface area (Å²) in [5.74, 6) is 2.99. The summed E-state index contributed by atoms with van der Waals surface area (Å²) in [6.07, 6.45) is 12.2. The van der Waals surface area contributed by atoms with Gasteiger partial charge in [-0.25, -0.2) is 4.79 Å². The maximum Gasteiger partial charge on any atom is 0.346 e. The molecule has 0 aromatic rings. The summed E-state index contributed by atoms with van der Waals surface area (Å²) in [7, 11) is 0. The van der Waals surface area contributed by atoms with Gasteiger partial charge < -0.3 is 5.73 Å². The molecule has 1 aliphatic rings. The normalized spacial score (nSPS) is 20.7. The molecule has 0 radical (unpaired) electrons. The molecule has 4 nitrogen and oxygen atoms in total. The fourth-order valence-corrected chi connectivity index (χ4v) is 2.26. The van der Waals surface area contributed by atoms with Gasteiger partial charge in [0, 0.05) is 0 Å². The van der Waals surface area contributed by atoms with Crippen molar-refractivity contribution in [1.82, 2.24) is 4.90 Å². The summed E-state index contributed by atoms with van der Waals surface area (Å²) < 4.78 is 0. The molecule has 0 aromatic heterocycles. The minimum atomic E-state index is -0.295. The van der Waals surface area contributed by atoms with Crippen LogP contribution in [0, 0.1) is 12.3 Å². The number of aliphatic imine (C=N–C) groups is 1. The van der Waals surface area contributed by atoms with Gasteiger partial charge in [0.05, 0.1) is 12.1 Å². The number of amides is 2. The molecule has 0 aromatic carbocycles. The highest BCUT2D eigenvalue weighted by Gasteiger charge is 2.35. The first kappa shape index (κ1) is 14.6. The fourth-order valence-electron chi connectivity index (χ4n) is 2.26. The number of amidine groups is 1. The molecule has 0 aliphatic carbocycles. The molecule has 1 rings (SSSR count). The van der Waals surface area contributed by atoms with Crippen LogP contribution in [0.15, 0.2) is 4.99 Å². The number of rotatable bonds is 7. The number of carbonyl (C=O) groups excluding carboxylic acids is 1. The van der Waals surface area contributed by atoms with Gasteiger partial charge in [0.15, 0.2) is 0 Å². The molecule has 2 N–H and O–H groups in total. The number of terminal acetylenes is 1. The van der Waals surface area contributed by atoms with E-state index in [-0.39, 0.29) is 18.1 Å². The smallest absolute Gasteiger partial charge is 0.346 e. The molecule has 0 bridgehead atoms. The average molecular weight is 249 g/mol. The van der Waals surface area contributed by atoms with E-state index in [9.17, 15) is 4.79 Å². The third-order valence-electron chi connectivity index (χ3n) is 3.36. The lowest BCUT2D eigenvalue weighted by Gasteiger charge is -2.27. The molecule has 18 heavy (non-hydrogen) atoms. The Bertz CT molecular complexity index is 357. The minimum Gasteiger partial charge on any atom is -0.385 e. The Morgan fingerprint density at radius 3 is 2.72 bits per heavy atom. The molecule has 2 atom stereocenters. The maximum absolute atomic E-state index is 11.7. The summed E-state index contributed by atoms with van der Waals surface area (Å²) in [5.41, 5.74) is 5.81. The van der Waals surface area contributed by atoms with Crippen molar-refractivity contribution in [3.8, 4) is 12.3 Å². The molecule has 0 saturated heterocycles. The highest BCUT2D eigenvalue weighted by molar-refractivity contribution is 6.03. The monoisotopic (exact) mass is 249 g/mol. The average Bonchev–Trinajstić information content (AvgIpc) is 2.63. The zero-order valence-corrected chi connectivity index (χ0v) is 11.4. The molecule has 1 heterocycles. The number of hydrogen-bond acceptors (Lipinski definition) is 2. The predicted molar refractivity (Wildman–Crippen MR) is 74.3 cm³/mol. The molecule has 1 aliphatic heterocycles. The highest BCUT2D eigenvalue weighted by atomic mass is 16.2. The predicted octanol–water partition coefficient (Wildman–Crippen LogP) is 2.53. The maximum atomic E-state index is 11.7. The second-order valence-electron chi connectivity index (χ2n) is 4.79. The van der Waals surface area contributed by atoms with E-state index in [0.29, 0.717) is 5.84 Å². The molecule has 4 heteroatoms. The molecule has 0 saturated carbocycles. The van der Waals surface area contributed by atoms with Gasteiger partial charge in [0.25, 0.3) is 0 Å². The molecular weight excluding hydrogens is 226 g/mol. The third-order valence-corrected chi connectivity index (χ3v) is 3.36. The first-order valence-corrected chi connectivity index (χ1v) is 6.74. The van der Waals surface area contributed by atoms with Gasteiger partial charge in [-0.1, -0.05) is 44.9 Å². The fraction of sp³-hybridized carbons (Fsp3) is 0.714. The molecular formula is C14H23N3O. The Kier molecular flexibility index (Phi) is 5.70. The Labute approximate surface area is 110 Å². The molecule has 100 valence electrons. The van der Waals surface area contributed by atoms with E-state index < -0.39 is 0 Å². The van der Waals surface area contributed by atoms with Crippen molar-refractivity contribution in [2.75, 3.05) is 0 Å². The number of carbonyl (C=O) groups is 1. The minimum absolute atomic E-state index is 0.106. The second-order valence-corrected chi connectivity index (χ2v) is 4.79. The quantitative estimate of drug-likeness (QED) is 0.557. The van der Waals surface area contributed by atoms with E-state index in [0.717, 1.165) is 12.8 Å². The summed E-state index contributed by atoms with van der Waals surface area (Å²) in [6, 6.07) is -0.648. The van der Waals surface area contributed by atoms with Gasteiger partial charge in [-0.2, -0.15) is 4.99 Å². The van der Waals surface area contributed by atoms with Crippen molar-refractivity contribution in [3.05, 3.63) is 0 Å².